The van der Waals surface area contributed by atoms with Crippen molar-refractivity contribution < 1.29 is 4.42 Å². The topological polar surface area (TPSA) is 72.8 Å². The molecular formula is C13H13N3O. The van der Waals surface area contributed by atoms with Gasteiger partial charge in [0.05, 0.1) is 6.54 Å². The van der Waals surface area contributed by atoms with Crippen LogP contribution < -0.4 is 5.32 Å². The molecule has 0 unspecified atom stereocenters. The molecule has 0 bridgehead atoms. The molecule has 0 amide bonds. The van der Waals surface area contributed by atoms with Crippen LogP contribution in [0.4, 0.5) is 0 Å². The first kappa shape index (κ1) is 11.3. The lowest BCUT2D eigenvalue weighted by Gasteiger charge is -1.97. The van der Waals surface area contributed by atoms with Crippen LogP contribution in [0.2, 0.25) is 0 Å². The summed E-state index contributed by atoms with van der Waals surface area (Å²) in [7, 11) is 0. The molecule has 1 aliphatic rings. The van der Waals surface area contributed by atoms with Gasteiger partial charge in [-0.2, -0.15) is 10.5 Å². The third-order valence-electron chi connectivity index (χ3n) is 2.92. The Hall–Kier alpha value is -2.20. The Kier molecular flexibility index (Phi) is 3.16. The summed E-state index contributed by atoms with van der Waals surface area (Å²) in [6.07, 6.45) is 2.61. The predicted molar refractivity (Wildman–Crippen MR) is 61.4 cm³/mol. The minimum Gasteiger partial charge on any atom is -0.464 e. The zero-order valence-electron chi connectivity index (χ0n) is 9.60. The van der Waals surface area contributed by atoms with Gasteiger partial charge in [0, 0.05) is 12.1 Å². The van der Waals surface area contributed by atoms with Crippen molar-refractivity contribution in [2.24, 2.45) is 5.92 Å². The summed E-state index contributed by atoms with van der Waals surface area (Å²) < 4.78 is 5.67. The van der Waals surface area contributed by atoms with Gasteiger partial charge in [0.1, 0.15) is 29.2 Å². The smallest absolute Gasteiger partial charge is 0.145 e. The molecule has 0 radical (unpaired) electrons. The van der Waals surface area contributed by atoms with Gasteiger partial charge >= 0.3 is 0 Å². The largest absolute Gasteiger partial charge is 0.464 e. The van der Waals surface area contributed by atoms with Crippen molar-refractivity contribution in [3.05, 3.63) is 35.4 Å². The highest BCUT2D eigenvalue weighted by Crippen LogP contribution is 2.47. The summed E-state index contributed by atoms with van der Waals surface area (Å²) in [6.45, 7) is 2.70. The van der Waals surface area contributed by atoms with E-state index in [1.54, 1.807) is 12.1 Å². The Morgan fingerprint density at radius 2 is 2.24 bits per heavy atom. The van der Waals surface area contributed by atoms with Crippen LogP contribution in [0.5, 0.6) is 0 Å². The van der Waals surface area contributed by atoms with Crippen LogP contribution >= 0.6 is 0 Å². The summed E-state index contributed by atoms with van der Waals surface area (Å²) in [6, 6.07) is 7.50. The van der Waals surface area contributed by atoms with E-state index in [0.29, 0.717) is 12.5 Å². The number of furan rings is 1. The van der Waals surface area contributed by atoms with Gasteiger partial charge in [-0.15, -0.1) is 0 Å². The van der Waals surface area contributed by atoms with Crippen molar-refractivity contribution in [3.63, 3.8) is 0 Å². The number of hydrogen-bond donors (Lipinski definition) is 1. The van der Waals surface area contributed by atoms with E-state index in [9.17, 15) is 0 Å². The Labute approximate surface area is 100 Å². The number of rotatable bonds is 4. The molecule has 0 aromatic carbocycles. The highest BCUT2D eigenvalue weighted by Gasteiger charge is 2.36. The van der Waals surface area contributed by atoms with Crippen LogP contribution in [0, 0.1) is 28.6 Å². The standard InChI is InChI=1S/C13H13N3O/c1-9-4-12(9)13-3-2-11(17-13)8-16-7-10(5-14)6-15/h2-3,7,9,12,16H,4,8H2,1H3/t9-,12+/m1/s1. The average Bonchev–Trinajstić information content (AvgIpc) is 2.89. The van der Waals surface area contributed by atoms with Crippen molar-refractivity contribution in [2.75, 3.05) is 0 Å². The molecule has 1 aromatic rings. The molecule has 1 fully saturated rings. The third kappa shape index (κ3) is 2.68. The van der Waals surface area contributed by atoms with Crippen molar-refractivity contribution >= 4 is 0 Å². The number of hydrogen-bond acceptors (Lipinski definition) is 4. The first-order chi connectivity index (χ1) is 8.24. The first-order valence-electron chi connectivity index (χ1n) is 5.57. The number of nitrogens with zero attached hydrogens (tertiary/aromatic N) is 2. The normalized spacial score (nSPS) is 21.1. The zero-order valence-corrected chi connectivity index (χ0v) is 9.60. The van der Waals surface area contributed by atoms with E-state index in [1.807, 2.05) is 12.1 Å². The number of nitriles is 2. The monoisotopic (exact) mass is 227 g/mol. The Bertz CT molecular complexity index is 500. The molecule has 4 heteroatoms. The maximum absolute atomic E-state index is 8.53. The van der Waals surface area contributed by atoms with Crippen LogP contribution in [0.1, 0.15) is 30.8 Å². The van der Waals surface area contributed by atoms with E-state index in [1.165, 1.54) is 12.6 Å². The van der Waals surface area contributed by atoms with Crippen LogP contribution in [0.25, 0.3) is 0 Å². The first-order valence-corrected chi connectivity index (χ1v) is 5.57. The molecule has 0 spiro atoms. The Balaban J connectivity index is 1.88. The molecule has 1 saturated carbocycles. The molecule has 1 heterocycles. The van der Waals surface area contributed by atoms with Gasteiger partial charge in [-0.1, -0.05) is 6.92 Å². The van der Waals surface area contributed by atoms with Gasteiger partial charge < -0.3 is 9.73 Å². The molecule has 86 valence electrons. The maximum atomic E-state index is 8.53. The van der Waals surface area contributed by atoms with Crippen molar-refractivity contribution in [1.82, 2.24) is 5.32 Å². The quantitative estimate of drug-likeness (QED) is 0.802. The molecular weight excluding hydrogens is 214 g/mol. The highest BCUT2D eigenvalue weighted by atomic mass is 16.3. The molecule has 2 atom stereocenters. The van der Waals surface area contributed by atoms with E-state index in [-0.39, 0.29) is 5.57 Å². The minimum absolute atomic E-state index is 0.0626. The third-order valence-corrected chi connectivity index (χ3v) is 2.92. The molecule has 1 aromatic heterocycles. The summed E-state index contributed by atoms with van der Waals surface area (Å²) in [5, 5.41) is 20.0. The van der Waals surface area contributed by atoms with Gasteiger partial charge in [-0.05, 0) is 24.5 Å². The Morgan fingerprint density at radius 1 is 1.53 bits per heavy atom. The van der Waals surface area contributed by atoms with E-state index >= 15 is 0 Å². The number of allylic oxidation sites excluding steroid dienone is 1. The fourth-order valence-corrected chi connectivity index (χ4v) is 1.75. The molecule has 17 heavy (non-hydrogen) atoms. The second-order valence-electron chi connectivity index (χ2n) is 4.29. The molecule has 1 aliphatic carbocycles. The second-order valence-corrected chi connectivity index (χ2v) is 4.29. The van der Waals surface area contributed by atoms with E-state index in [0.717, 1.165) is 17.4 Å². The predicted octanol–water partition coefficient (Wildman–Crippen LogP) is 2.42. The lowest BCUT2D eigenvalue weighted by molar-refractivity contribution is 0.455. The van der Waals surface area contributed by atoms with Crippen LogP contribution in [0.15, 0.2) is 28.3 Å². The van der Waals surface area contributed by atoms with Gasteiger partial charge in [-0.25, -0.2) is 0 Å². The van der Waals surface area contributed by atoms with E-state index in [2.05, 4.69) is 12.2 Å². The van der Waals surface area contributed by atoms with Crippen LogP contribution in [0.3, 0.4) is 0 Å². The van der Waals surface area contributed by atoms with Crippen LogP contribution in [-0.2, 0) is 6.54 Å². The highest BCUT2D eigenvalue weighted by molar-refractivity contribution is 5.34. The molecule has 0 aliphatic heterocycles. The van der Waals surface area contributed by atoms with Crippen molar-refractivity contribution in [1.29, 1.82) is 10.5 Å². The second kappa shape index (κ2) is 4.76. The summed E-state index contributed by atoms with van der Waals surface area (Å²) >= 11 is 0. The lowest BCUT2D eigenvalue weighted by Crippen LogP contribution is -2.04. The van der Waals surface area contributed by atoms with E-state index in [4.69, 9.17) is 14.9 Å². The van der Waals surface area contributed by atoms with Gasteiger partial charge in [0.25, 0.3) is 0 Å². The fourth-order valence-electron chi connectivity index (χ4n) is 1.75. The average molecular weight is 227 g/mol. The maximum Gasteiger partial charge on any atom is 0.145 e. The van der Waals surface area contributed by atoms with Gasteiger partial charge in [-0.3, -0.25) is 0 Å². The fraction of sp³-hybridized carbons (Fsp3) is 0.385. The lowest BCUT2D eigenvalue weighted by atomic mass is 10.3. The number of nitrogens with one attached hydrogen (secondary N) is 1. The van der Waals surface area contributed by atoms with Gasteiger partial charge in [0.15, 0.2) is 0 Å². The molecule has 2 rings (SSSR count). The molecule has 1 N–H and O–H groups in total. The van der Waals surface area contributed by atoms with E-state index < -0.39 is 0 Å². The molecule has 4 nitrogen and oxygen atoms in total. The minimum atomic E-state index is 0.0626. The zero-order chi connectivity index (χ0) is 12.3. The summed E-state index contributed by atoms with van der Waals surface area (Å²) in [5.74, 6) is 3.17. The molecule has 0 saturated heterocycles. The van der Waals surface area contributed by atoms with Crippen LogP contribution in [-0.4, -0.2) is 0 Å². The van der Waals surface area contributed by atoms with Crippen molar-refractivity contribution in [3.8, 4) is 12.1 Å². The van der Waals surface area contributed by atoms with Gasteiger partial charge in [0.2, 0.25) is 0 Å². The Morgan fingerprint density at radius 3 is 2.82 bits per heavy atom. The summed E-state index contributed by atoms with van der Waals surface area (Å²) in [4.78, 5) is 0. The summed E-state index contributed by atoms with van der Waals surface area (Å²) in [5.41, 5.74) is 0.0626. The SMILES string of the molecule is C[C@@H]1C[C@@H]1c1ccc(CNC=C(C#N)C#N)o1. The van der Waals surface area contributed by atoms with Crippen molar-refractivity contribution in [2.45, 2.75) is 25.8 Å².